The summed E-state index contributed by atoms with van der Waals surface area (Å²) in [5.41, 5.74) is 1.11. The summed E-state index contributed by atoms with van der Waals surface area (Å²) in [6.45, 7) is 2.06. The van der Waals surface area contributed by atoms with Gasteiger partial charge < -0.3 is 10.2 Å². The number of benzene rings is 1. The molecule has 1 amide bonds. The maximum Gasteiger partial charge on any atom is 0.258 e. The van der Waals surface area contributed by atoms with E-state index in [1.54, 1.807) is 35.0 Å². The van der Waals surface area contributed by atoms with Gasteiger partial charge in [0, 0.05) is 13.1 Å². The first-order valence-electron chi connectivity index (χ1n) is 7.88. The second-order valence-electron chi connectivity index (χ2n) is 5.75. The van der Waals surface area contributed by atoms with Crippen LogP contribution in [0.25, 0.3) is 5.65 Å². The van der Waals surface area contributed by atoms with Gasteiger partial charge in [-0.1, -0.05) is 23.7 Å². The van der Waals surface area contributed by atoms with Gasteiger partial charge in [0.1, 0.15) is 5.82 Å². The third-order valence-corrected chi connectivity index (χ3v) is 4.43. The number of carbonyl (C=O) groups excluding carboxylic acids is 1. The zero-order chi connectivity index (χ0) is 16.5. The molecule has 24 heavy (non-hydrogen) atoms. The van der Waals surface area contributed by atoms with Crippen LogP contribution in [-0.4, -0.2) is 33.6 Å². The number of hydrogen-bond donors (Lipinski definition) is 1. The molecule has 1 N–H and O–H groups in total. The average molecular weight is 342 g/mol. The highest BCUT2D eigenvalue weighted by atomic mass is 35.5. The second-order valence-corrected chi connectivity index (χ2v) is 6.16. The van der Waals surface area contributed by atoms with Crippen LogP contribution in [-0.2, 0) is 0 Å². The van der Waals surface area contributed by atoms with Crippen LogP contribution in [0.4, 0.5) is 11.6 Å². The minimum absolute atomic E-state index is 0.288. The van der Waals surface area contributed by atoms with Crippen molar-refractivity contribution in [3.8, 4) is 0 Å². The Morgan fingerprint density at radius 1 is 1.12 bits per heavy atom. The summed E-state index contributed by atoms with van der Waals surface area (Å²) in [7, 11) is 0. The Hall–Kier alpha value is -2.60. The molecule has 0 spiro atoms. The lowest BCUT2D eigenvalue weighted by molar-refractivity contribution is 0.102. The number of anilines is 2. The van der Waals surface area contributed by atoms with Crippen LogP contribution in [0, 0.1) is 0 Å². The van der Waals surface area contributed by atoms with Gasteiger partial charge in [-0.25, -0.2) is 9.50 Å². The quantitative estimate of drug-likeness (QED) is 0.794. The molecule has 1 fully saturated rings. The van der Waals surface area contributed by atoms with E-state index in [1.165, 1.54) is 12.8 Å². The van der Waals surface area contributed by atoms with Crippen molar-refractivity contribution in [2.45, 2.75) is 12.8 Å². The minimum Gasteiger partial charge on any atom is -0.355 e. The van der Waals surface area contributed by atoms with Crippen LogP contribution >= 0.6 is 11.6 Å². The lowest BCUT2D eigenvalue weighted by atomic mass is 10.2. The number of aromatic nitrogens is 3. The van der Waals surface area contributed by atoms with Gasteiger partial charge in [-0.05, 0) is 37.1 Å². The van der Waals surface area contributed by atoms with E-state index < -0.39 is 0 Å². The van der Waals surface area contributed by atoms with Gasteiger partial charge in [0.2, 0.25) is 0 Å². The number of amides is 1. The molecule has 0 saturated carbocycles. The molecule has 1 aromatic carbocycles. The number of fused-ring (bicyclic) bond motifs is 1. The van der Waals surface area contributed by atoms with Crippen LogP contribution in [0.5, 0.6) is 0 Å². The number of carbonyl (C=O) groups is 1. The van der Waals surface area contributed by atoms with E-state index in [2.05, 4.69) is 20.3 Å². The Kier molecular flexibility index (Phi) is 3.82. The predicted octanol–water partition coefficient (Wildman–Crippen LogP) is 3.24. The summed E-state index contributed by atoms with van der Waals surface area (Å²) in [6, 6.07) is 10.8. The summed E-state index contributed by atoms with van der Waals surface area (Å²) >= 11 is 6.05. The van der Waals surface area contributed by atoms with Gasteiger partial charge in [-0.3, -0.25) is 4.79 Å². The van der Waals surface area contributed by atoms with E-state index in [0.29, 0.717) is 22.1 Å². The van der Waals surface area contributed by atoms with Gasteiger partial charge in [0.25, 0.3) is 5.91 Å². The number of nitrogens with one attached hydrogen (secondary N) is 1. The van der Waals surface area contributed by atoms with Crippen LogP contribution < -0.4 is 10.2 Å². The van der Waals surface area contributed by atoms with Gasteiger partial charge in [0.05, 0.1) is 16.8 Å². The zero-order valence-electron chi connectivity index (χ0n) is 12.9. The molecule has 0 aliphatic carbocycles. The minimum atomic E-state index is -0.288. The first-order valence-corrected chi connectivity index (χ1v) is 8.26. The lowest BCUT2D eigenvalue weighted by Crippen LogP contribution is -2.19. The zero-order valence-corrected chi connectivity index (χ0v) is 13.7. The van der Waals surface area contributed by atoms with Gasteiger partial charge in [0.15, 0.2) is 11.5 Å². The van der Waals surface area contributed by atoms with Crippen molar-refractivity contribution in [2.75, 3.05) is 23.3 Å². The maximum absolute atomic E-state index is 12.3. The summed E-state index contributed by atoms with van der Waals surface area (Å²) in [5, 5.41) is 7.76. The van der Waals surface area contributed by atoms with Crippen molar-refractivity contribution in [1.82, 2.24) is 14.6 Å². The van der Waals surface area contributed by atoms with Crippen LogP contribution in [0.3, 0.4) is 0 Å². The van der Waals surface area contributed by atoms with Crippen LogP contribution in [0.2, 0.25) is 5.02 Å². The fourth-order valence-electron chi connectivity index (χ4n) is 2.88. The molecular formula is C17H16ClN5O. The molecule has 3 heterocycles. The van der Waals surface area contributed by atoms with Crippen LogP contribution in [0.1, 0.15) is 23.2 Å². The maximum atomic E-state index is 12.3. The third kappa shape index (κ3) is 2.80. The summed E-state index contributed by atoms with van der Waals surface area (Å²) < 4.78 is 1.69. The number of imidazole rings is 1. The fraction of sp³-hybridized carbons (Fsp3) is 0.235. The molecule has 4 rings (SSSR count). The van der Waals surface area contributed by atoms with Crippen molar-refractivity contribution < 1.29 is 4.79 Å². The smallest absolute Gasteiger partial charge is 0.258 e. The van der Waals surface area contributed by atoms with E-state index in [1.807, 2.05) is 12.1 Å². The lowest BCUT2D eigenvalue weighted by Gasteiger charge is -2.15. The Labute approximate surface area is 144 Å². The van der Waals surface area contributed by atoms with Crippen molar-refractivity contribution >= 4 is 34.8 Å². The molecule has 6 nitrogen and oxygen atoms in total. The topological polar surface area (TPSA) is 62.5 Å². The van der Waals surface area contributed by atoms with E-state index in [4.69, 9.17) is 11.6 Å². The number of nitrogens with zero attached hydrogens (tertiary/aromatic N) is 4. The Bertz CT molecular complexity index is 901. The highest BCUT2D eigenvalue weighted by Gasteiger charge is 2.15. The van der Waals surface area contributed by atoms with Gasteiger partial charge >= 0.3 is 0 Å². The van der Waals surface area contributed by atoms with E-state index in [0.717, 1.165) is 18.9 Å². The first-order chi connectivity index (χ1) is 11.7. The number of hydrogen-bond acceptors (Lipinski definition) is 4. The molecule has 3 aromatic rings. The molecule has 7 heteroatoms. The highest BCUT2D eigenvalue weighted by molar-refractivity contribution is 6.34. The number of rotatable bonds is 3. The summed E-state index contributed by atoms with van der Waals surface area (Å²) in [4.78, 5) is 18.9. The molecule has 1 saturated heterocycles. The van der Waals surface area contributed by atoms with Crippen LogP contribution in [0.15, 0.2) is 42.6 Å². The average Bonchev–Trinajstić information content (AvgIpc) is 3.23. The van der Waals surface area contributed by atoms with Gasteiger partial charge in [-0.2, -0.15) is 0 Å². The number of halogens is 1. The molecule has 0 radical (unpaired) electrons. The normalized spacial score (nSPS) is 14.3. The largest absolute Gasteiger partial charge is 0.355 e. The fourth-order valence-corrected chi connectivity index (χ4v) is 3.10. The van der Waals surface area contributed by atoms with Crippen molar-refractivity contribution in [3.63, 3.8) is 0 Å². The Morgan fingerprint density at radius 3 is 2.71 bits per heavy atom. The molecule has 0 bridgehead atoms. The van der Waals surface area contributed by atoms with E-state index in [9.17, 15) is 4.79 Å². The first kappa shape index (κ1) is 15.0. The third-order valence-electron chi connectivity index (χ3n) is 4.10. The van der Waals surface area contributed by atoms with Crippen molar-refractivity contribution in [1.29, 1.82) is 0 Å². The predicted molar refractivity (Wildman–Crippen MR) is 93.8 cm³/mol. The monoisotopic (exact) mass is 341 g/mol. The Morgan fingerprint density at radius 2 is 1.92 bits per heavy atom. The molecule has 0 unspecified atom stereocenters. The summed E-state index contributed by atoms with van der Waals surface area (Å²) in [5.74, 6) is 1.09. The van der Waals surface area contributed by atoms with Gasteiger partial charge in [-0.15, -0.1) is 5.10 Å². The van der Waals surface area contributed by atoms with Crippen molar-refractivity contribution in [2.24, 2.45) is 0 Å². The molecule has 122 valence electrons. The van der Waals surface area contributed by atoms with E-state index in [-0.39, 0.29) is 5.91 Å². The molecular weight excluding hydrogens is 326 g/mol. The molecule has 0 atom stereocenters. The highest BCUT2D eigenvalue weighted by Crippen LogP contribution is 2.20. The van der Waals surface area contributed by atoms with E-state index >= 15 is 0 Å². The second kappa shape index (κ2) is 6.13. The standard InChI is InChI=1S/C17H16ClN5O/c18-13-6-2-1-5-12(13)17(24)20-14-11-23-15(19-14)7-8-16(21-23)22-9-3-4-10-22/h1-2,5-8,11H,3-4,9-10H2,(H,20,24). The molecule has 1 aliphatic heterocycles. The molecule has 2 aromatic heterocycles. The van der Waals surface area contributed by atoms with Crippen molar-refractivity contribution in [3.05, 3.63) is 53.2 Å². The summed E-state index contributed by atoms with van der Waals surface area (Å²) in [6.07, 6.45) is 4.11. The SMILES string of the molecule is O=C(Nc1cn2nc(N3CCCC3)ccc2n1)c1ccccc1Cl. The molecule has 1 aliphatic rings. The Balaban J connectivity index is 1.58.